The molecule has 0 radical (unpaired) electrons. The molecule has 2 amide bonds. The van der Waals surface area contributed by atoms with Gasteiger partial charge in [0.1, 0.15) is 0 Å². The minimum absolute atomic E-state index is 0.0975. The maximum absolute atomic E-state index is 11.8. The van der Waals surface area contributed by atoms with Crippen molar-refractivity contribution in [2.45, 2.75) is 4.90 Å². The second-order valence-corrected chi connectivity index (χ2v) is 5.08. The van der Waals surface area contributed by atoms with Crippen molar-refractivity contribution in [1.82, 2.24) is 5.32 Å². The predicted octanol–water partition coefficient (Wildman–Crippen LogP) is 0.213. The van der Waals surface area contributed by atoms with Gasteiger partial charge in [0.25, 0.3) is 11.8 Å². The average Bonchev–Trinajstić information content (AvgIpc) is 2.46. The number of nitrogens with two attached hydrogens (primary N) is 1. The van der Waals surface area contributed by atoms with Crippen LogP contribution in [0.2, 0.25) is 0 Å². The van der Waals surface area contributed by atoms with Gasteiger partial charge in [-0.2, -0.15) is 0 Å². The van der Waals surface area contributed by atoms with E-state index in [0.717, 1.165) is 16.3 Å². The van der Waals surface area contributed by atoms with Crippen LogP contribution in [-0.4, -0.2) is 37.7 Å². The summed E-state index contributed by atoms with van der Waals surface area (Å²) in [6.07, 6.45) is 1.82. The highest BCUT2D eigenvalue weighted by atomic mass is 32.2. The third-order valence-electron chi connectivity index (χ3n) is 2.46. The van der Waals surface area contributed by atoms with Gasteiger partial charge < -0.3 is 16.0 Å². The van der Waals surface area contributed by atoms with Gasteiger partial charge in [-0.05, 0) is 12.1 Å². The van der Waals surface area contributed by atoms with Crippen molar-refractivity contribution in [3.8, 4) is 0 Å². The second kappa shape index (κ2) is 9.17. The maximum Gasteiger partial charge on any atom is 0.279 e. The number of benzene rings is 1. The summed E-state index contributed by atoms with van der Waals surface area (Å²) in [6, 6.07) is 7.63. The molecule has 0 saturated heterocycles. The smallest absolute Gasteiger partial charge is 0.279 e. The molecule has 0 unspecified atom stereocenters. The van der Waals surface area contributed by atoms with E-state index in [9.17, 15) is 9.59 Å². The summed E-state index contributed by atoms with van der Waals surface area (Å²) in [6.45, 7) is 4.14. The van der Waals surface area contributed by atoms with E-state index >= 15 is 0 Å². The molecule has 0 aliphatic rings. The van der Waals surface area contributed by atoms with Crippen molar-refractivity contribution in [2.75, 3.05) is 31.2 Å². The lowest BCUT2D eigenvalue weighted by Gasteiger charge is -2.09. The average molecular weight is 294 g/mol. The minimum atomic E-state index is -0.124. The molecule has 0 aliphatic heterocycles. The molecule has 0 fully saturated rings. The molecule has 0 bridgehead atoms. The SMILES string of the molecule is C=CCSc1ccccc1NC(=O)C[NH2+]CC(=O)NC. The summed E-state index contributed by atoms with van der Waals surface area (Å²) in [5.74, 6) is 0.565. The van der Waals surface area contributed by atoms with E-state index in [1.807, 2.05) is 30.3 Å². The molecule has 108 valence electrons. The van der Waals surface area contributed by atoms with Crippen molar-refractivity contribution in [2.24, 2.45) is 0 Å². The van der Waals surface area contributed by atoms with E-state index < -0.39 is 0 Å². The first-order valence-electron chi connectivity index (χ1n) is 6.32. The number of rotatable bonds is 8. The van der Waals surface area contributed by atoms with Gasteiger partial charge >= 0.3 is 0 Å². The van der Waals surface area contributed by atoms with Gasteiger partial charge in [-0.15, -0.1) is 18.3 Å². The van der Waals surface area contributed by atoms with Crippen molar-refractivity contribution >= 4 is 29.3 Å². The lowest BCUT2D eigenvalue weighted by atomic mass is 10.3. The Morgan fingerprint density at radius 3 is 2.70 bits per heavy atom. The molecular formula is C14H20N3O2S+. The number of para-hydroxylation sites is 1. The Balaban J connectivity index is 2.48. The third-order valence-corrected chi connectivity index (χ3v) is 3.53. The van der Waals surface area contributed by atoms with Crippen LogP contribution >= 0.6 is 11.8 Å². The summed E-state index contributed by atoms with van der Waals surface area (Å²) in [5.41, 5.74) is 0.790. The number of hydrogen-bond acceptors (Lipinski definition) is 3. The third kappa shape index (κ3) is 5.90. The first-order chi connectivity index (χ1) is 9.67. The molecule has 5 nitrogen and oxygen atoms in total. The lowest BCUT2D eigenvalue weighted by Crippen LogP contribution is -2.88. The summed E-state index contributed by atoms with van der Waals surface area (Å²) in [7, 11) is 1.57. The molecule has 6 heteroatoms. The van der Waals surface area contributed by atoms with E-state index in [1.165, 1.54) is 0 Å². The number of carbonyl (C=O) groups excluding carboxylic acids is 2. The molecule has 1 rings (SSSR count). The van der Waals surface area contributed by atoms with E-state index in [0.29, 0.717) is 0 Å². The van der Waals surface area contributed by atoms with Crippen LogP contribution < -0.4 is 16.0 Å². The molecule has 4 N–H and O–H groups in total. The number of hydrogen-bond donors (Lipinski definition) is 3. The summed E-state index contributed by atoms with van der Waals surface area (Å²) in [4.78, 5) is 23.8. The Bertz CT molecular complexity index is 477. The first kappa shape index (κ1) is 16.3. The van der Waals surface area contributed by atoms with Crippen LogP contribution in [-0.2, 0) is 9.59 Å². The zero-order valence-electron chi connectivity index (χ0n) is 11.5. The van der Waals surface area contributed by atoms with Crippen molar-refractivity contribution in [1.29, 1.82) is 0 Å². The Kier molecular flexibility index (Phi) is 7.46. The summed E-state index contributed by atoms with van der Waals surface area (Å²) < 4.78 is 0. The van der Waals surface area contributed by atoms with E-state index in [-0.39, 0.29) is 24.9 Å². The van der Waals surface area contributed by atoms with E-state index in [4.69, 9.17) is 0 Å². The molecule has 0 saturated carbocycles. The molecule has 0 heterocycles. The fraction of sp³-hybridized carbons (Fsp3) is 0.286. The fourth-order valence-corrected chi connectivity index (χ4v) is 2.23. The van der Waals surface area contributed by atoms with Crippen LogP contribution in [0.5, 0.6) is 0 Å². The number of nitrogens with one attached hydrogen (secondary N) is 2. The van der Waals surface area contributed by atoms with E-state index in [1.54, 1.807) is 24.1 Å². The van der Waals surface area contributed by atoms with Gasteiger partial charge in [-0.1, -0.05) is 18.2 Å². The molecular weight excluding hydrogens is 274 g/mol. The number of amides is 2. The Labute approximate surface area is 123 Å². The molecule has 0 aliphatic carbocycles. The highest BCUT2D eigenvalue weighted by Gasteiger charge is 2.09. The lowest BCUT2D eigenvalue weighted by molar-refractivity contribution is -0.632. The molecule has 0 atom stereocenters. The standard InChI is InChI=1S/C14H19N3O2S/c1-3-8-20-12-7-5-4-6-11(12)17-14(19)10-16-9-13(18)15-2/h3-7,16H,1,8-10H2,2H3,(H,15,18)(H,17,19)/p+1. The monoisotopic (exact) mass is 294 g/mol. The van der Waals surface area contributed by atoms with Gasteiger partial charge in [-0.3, -0.25) is 9.59 Å². The van der Waals surface area contributed by atoms with Crippen molar-refractivity contribution < 1.29 is 14.9 Å². The molecule has 20 heavy (non-hydrogen) atoms. The fourth-order valence-electron chi connectivity index (χ4n) is 1.48. The quantitative estimate of drug-likeness (QED) is 0.474. The molecule has 0 spiro atoms. The minimum Gasteiger partial charge on any atom is -0.354 e. The van der Waals surface area contributed by atoms with Gasteiger partial charge in [0.2, 0.25) is 0 Å². The Morgan fingerprint density at radius 1 is 1.30 bits per heavy atom. The molecule has 1 aromatic carbocycles. The zero-order chi connectivity index (χ0) is 14.8. The highest BCUT2D eigenvalue weighted by Crippen LogP contribution is 2.26. The van der Waals surface area contributed by atoms with Gasteiger partial charge in [0.15, 0.2) is 13.1 Å². The van der Waals surface area contributed by atoms with Crippen LogP contribution in [0.3, 0.4) is 0 Å². The normalized spacial score (nSPS) is 9.85. The van der Waals surface area contributed by atoms with Crippen LogP contribution in [0.1, 0.15) is 0 Å². The van der Waals surface area contributed by atoms with Crippen molar-refractivity contribution in [3.63, 3.8) is 0 Å². The van der Waals surface area contributed by atoms with Gasteiger partial charge in [0, 0.05) is 17.7 Å². The predicted molar refractivity (Wildman–Crippen MR) is 81.7 cm³/mol. The largest absolute Gasteiger partial charge is 0.354 e. The number of carbonyl (C=O) groups is 2. The maximum atomic E-state index is 11.8. The molecule has 0 aromatic heterocycles. The Hall–Kier alpha value is -1.79. The highest BCUT2D eigenvalue weighted by molar-refractivity contribution is 7.99. The molecule has 1 aromatic rings. The first-order valence-corrected chi connectivity index (χ1v) is 7.30. The number of anilines is 1. The number of quaternary nitrogens is 1. The van der Waals surface area contributed by atoms with Crippen LogP contribution in [0, 0.1) is 0 Å². The number of likely N-dealkylation sites (N-methyl/N-ethyl adjacent to an activating group) is 1. The topological polar surface area (TPSA) is 74.8 Å². The second-order valence-electron chi connectivity index (χ2n) is 4.01. The van der Waals surface area contributed by atoms with E-state index in [2.05, 4.69) is 17.2 Å². The summed E-state index contributed by atoms with van der Waals surface area (Å²) >= 11 is 1.61. The van der Waals surface area contributed by atoms with Gasteiger partial charge in [-0.25, -0.2) is 0 Å². The summed E-state index contributed by atoms with van der Waals surface area (Å²) in [5, 5.41) is 7.02. The zero-order valence-corrected chi connectivity index (χ0v) is 12.3. The van der Waals surface area contributed by atoms with Crippen molar-refractivity contribution in [3.05, 3.63) is 36.9 Å². The number of thioether (sulfide) groups is 1. The van der Waals surface area contributed by atoms with Crippen LogP contribution in [0.4, 0.5) is 5.69 Å². The van der Waals surface area contributed by atoms with Gasteiger partial charge in [0.05, 0.1) is 5.69 Å². The van der Waals surface area contributed by atoms with Crippen LogP contribution in [0.25, 0.3) is 0 Å². The van der Waals surface area contributed by atoms with Crippen LogP contribution in [0.15, 0.2) is 41.8 Å². The Morgan fingerprint density at radius 2 is 2.00 bits per heavy atom.